The molecule has 0 bridgehead atoms. The first-order valence-corrected chi connectivity index (χ1v) is 7.95. The fourth-order valence-electron chi connectivity index (χ4n) is 2.40. The Morgan fingerprint density at radius 3 is 2.44 bits per heavy atom. The summed E-state index contributed by atoms with van der Waals surface area (Å²) in [5.74, 6) is 1.00. The molecule has 96 valence electrons. The number of nitrogens with two attached hydrogens (primary N) is 1. The van der Waals surface area contributed by atoms with E-state index in [1.807, 2.05) is 0 Å². The van der Waals surface area contributed by atoms with Crippen LogP contribution in [0.4, 0.5) is 0 Å². The maximum Gasteiger partial charge on any atom is 0.209 e. The van der Waals surface area contributed by atoms with Crippen LogP contribution in [0.25, 0.3) is 0 Å². The lowest BCUT2D eigenvalue weighted by Gasteiger charge is -2.31. The van der Waals surface area contributed by atoms with E-state index in [2.05, 4.69) is 11.8 Å². The van der Waals surface area contributed by atoms with Crippen molar-refractivity contribution < 1.29 is 8.42 Å². The van der Waals surface area contributed by atoms with Crippen molar-refractivity contribution in [2.45, 2.75) is 39.0 Å². The van der Waals surface area contributed by atoms with Crippen molar-refractivity contribution in [3.63, 3.8) is 0 Å². The molecule has 16 heavy (non-hydrogen) atoms. The lowest BCUT2D eigenvalue weighted by atomic mass is 9.92. The van der Waals surface area contributed by atoms with Crippen LogP contribution in [0.2, 0.25) is 0 Å². The number of likely N-dealkylation sites (tertiary alicyclic amines) is 1. The first-order valence-electron chi connectivity index (χ1n) is 6.24. The maximum absolute atomic E-state index is 10.8. The monoisotopic (exact) mass is 248 g/mol. The fraction of sp³-hybridized carbons (Fsp3) is 1.00. The molecule has 0 amide bonds. The van der Waals surface area contributed by atoms with Gasteiger partial charge in [-0.1, -0.05) is 19.8 Å². The number of primary sulfonamides is 1. The Kier molecular flexibility index (Phi) is 5.72. The maximum atomic E-state index is 10.8. The summed E-state index contributed by atoms with van der Waals surface area (Å²) in [6, 6.07) is 0. The molecule has 2 N–H and O–H groups in total. The van der Waals surface area contributed by atoms with E-state index in [-0.39, 0.29) is 5.75 Å². The normalized spacial score (nSPS) is 20.1. The number of hydrogen-bond acceptors (Lipinski definition) is 3. The number of hydrogen-bond donors (Lipinski definition) is 1. The molecule has 1 rings (SSSR count). The van der Waals surface area contributed by atoms with E-state index in [4.69, 9.17) is 5.14 Å². The molecule has 0 aliphatic carbocycles. The van der Waals surface area contributed by atoms with Gasteiger partial charge in [0.25, 0.3) is 0 Å². The number of piperidine rings is 1. The molecule has 0 spiro atoms. The second-order valence-corrected chi connectivity index (χ2v) is 6.53. The van der Waals surface area contributed by atoms with E-state index in [0.29, 0.717) is 6.42 Å². The van der Waals surface area contributed by atoms with Crippen molar-refractivity contribution in [1.29, 1.82) is 0 Å². The molecule has 0 aromatic rings. The molecule has 5 heteroatoms. The van der Waals surface area contributed by atoms with Crippen LogP contribution < -0.4 is 5.14 Å². The third-order valence-corrected chi connectivity index (χ3v) is 4.16. The summed E-state index contributed by atoms with van der Waals surface area (Å²) in [6.07, 6.45) is 5.81. The molecule has 0 atom stereocenters. The summed E-state index contributed by atoms with van der Waals surface area (Å²) < 4.78 is 21.5. The molecular formula is C11H24N2O2S. The first-order chi connectivity index (χ1) is 7.51. The Bertz CT molecular complexity index is 282. The average Bonchev–Trinajstić information content (AvgIpc) is 2.19. The van der Waals surface area contributed by atoms with Gasteiger partial charge in [-0.15, -0.1) is 0 Å². The summed E-state index contributed by atoms with van der Waals surface area (Å²) >= 11 is 0. The Hall–Kier alpha value is -0.130. The molecule has 0 unspecified atom stereocenters. The minimum absolute atomic E-state index is 0.113. The smallest absolute Gasteiger partial charge is 0.209 e. The zero-order valence-corrected chi connectivity index (χ0v) is 11.0. The molecule has 1 saturated heterocycles. The molecule has 0 saturated carbocycles. The Labute approximate surface area is 99.2 Å². The van der Waals surface area contributed by atoms with Crippen LogP contribution in [0.3, 0.4) is 0 Å². The van der Waals surface area contributed by atoms with Crippen molar-refractivity contribution in [2.75, 3.05) is 25.4 Å². The topological polar surface area (TPSA) is 63.4 Å². The van der Waals surface area contributed by atoms with Gasteiger partial charge in [-0.2, -0.15) is 0 Å². The molecule has 0 aromatic heterocycles. The van der Waals surface area contributed by atoms with Crippen molar-refractivity contribution in [3.8, 4) is 0 Å². The van der Waals surface area contributed by atoms with E-state index in [9.17, 15) is 8.42 Å². The van der Waals surface area contributed by atoms with E-state index >= 15 is 0 Å². The summed E-state index contributed by atoms with van der Waals surface area (Å²) in [5.41, 5.74) is 0. The molecule has 1 heterocycles. The Morgan fingerprint density at radius 2 is 1.94 bits per heavy atom. The third kappa shape index (κ3) is 5.82. The highest BCUT2D eigenvalue weighted by Crippen LogP contribution is 2.21. The molecular weight excluding hydrogens is 224 g/mol. The second kappa shape index (κ2) is 6.57. The summed E-state index contributed by atoms with van der Waals surface area (Å²) in [7, 11) is -3.27. The SMILES string of the molecule is CCCC1CCN(CCCS(N)(=O)=O)CC1. The average molecular weight is 248 g/mol. The van der Waals surface area contributed by atoms with Gasteiger partial charge in [-0.25, -0.2) is 13.6 Å². The van der Waals surface area contributed by atoms with Crippen molar-refractivity contribution in [3.05, 3.63) is 0 Å². The van der Waals surface area contributed by atoms with E-state index in [0.717, 1.165) is 25.6 Å². The number of sulfonamides is 1. The van der Waals surface area contributed by atoms with Gasteiger partial charge >= 0.3 is 0 Å². The van der Waals surface area contributed by atoms with Gasteiger partial charge in [-0.3, -0.25) is 0 Å². The van der Waals surface area contributed by atoms with Crippen LogP contribution in [0.1, 0.15) is 39.0 Å². The predicted molar refractivity (Wildman–Crippen MR) is 66.7 cm³/mol. The molecule has 4 nitrogen and oxygen atoms in total. The van der Waals surface area contributed by atoms with E-state index in [1.165, 1.54) is 25.7 Å². The summed E-state index contributed by atoms with van der Waals surface area (Å²) in [4.78, 5) is 2.36. The number of nitrogens with zero attached hydrogens (tertiary/aromatic N) is 1. The highest BCUT2D eigenvalue weighted by molar-refractivity contribution is 7.89. The van der Waals surface area contributed by atoms with Crippen molar-refractivity contribution >= 4 is 10.0 Å². The lowest BCUT2D eigenvalue weighted by Crippen LogP contribution is -2.35. The first kappa shape index (κ1) is 13.9. The quantitative estimate of drug-likeness (QED) is 0.767. The van der Waals surface area contributed by atoms with Gasteiger partial charge in [-0.05, 0) is 44.8 Å². The highest BCUT2D eigenvalue weighted by Gasteiger charge is 2.18. The van der Waals surface area contributed by atoms with Gasteiger partial charge in [0.2, 0.25) is 10.0 Å². The number of rotatable bonds is 6. The van der Waals surface area contributed by atoms with Crippen molar-refractivity contribution in [1.82, 2.24) is 4.90 Å². The third-order valence-electron chi connectivity index (χ3n) is 3.31. The molecule has 1 aliphatic heterocycles. The van der Waals surface area contributed by atoms with Crippen LogP contribution in [-0.2, 0) is 10.0 Å². The minimum Gasteiger partial charge on any atom is -0.303 e. The zero-order valence-electron chi connectivity index (χ0n) is 10.2. The molecule has 1 aliphatic rings. The molecule has 0 radical (unpaired) electrons. The van der Waals surface area contributed by atoms with Gasteiger partial charge in [0.05, 0.1) is 5.75 Å². The van der Waals surface area contributed by atoms with Crippen LogP contribution in [0, 0.1) is 5.92 Å². The molecule has 1 fully saturated rings. The minimum atomic E-state index is -3.27. The van der Waals surface area contributed by atoms with E-state index < -0.39 is 10.0 Å². The summed E-state index contributed by atoms with van der Waals surface area (Å²) in [5, 5.41) is 4.97. The predicted octanol–water partition coefficient (Wildman–Crippen LogP) is 1.18. The zero-order chi connectivity index (χ0) is 12.0. The van der Waals surface area contributed by atoms with Gasteiger partial charge in [0, 0.05) is 0 Å². The Balaban J connectivity index is 2.13. The second-order valence-electron chi connectivity index (χ2n) is 4.79. The van der Waals surface area contributed by atoms with Crippen LogP contribution >= 0.6 is 0 Å². The van der Waals surface area contributed by atoms with Gasteiger partial charge in [0.15, 0.2) is 0 Å². The van der Waals surface area contributed by atoms with Gasteiger partial charge in [0.1, 0.15) is 0 Å². The Morgan fingerprint density at radius 1 is 1.31 bits per heavy atom. The van der Waals surface area contributed by atoms with Crippen LogP contribution in [0.5, 0.6) is 0 Å². The largest absolute Gasteiger partial charge is 0.303 e. The van der Waals surface area contributed by atoms with Crippen LogP contribution in [0.15, 0.2) is 0 Å². The van der Waals surface area contributed by atoms with Crippen LogP contribution in [-0.4, -0.2) is 38.7 Å². The van der Waals surface area contributed by atoms with E-state index in [1.54, 1.807) is 0 Å². The summed E-state index contributed by atoms with van der Waals surface area (Å²) in [6.45, 7) is 5.35. The van der Waals surface area contributed by atoms with Crippen molar-refractivity contribution in [2.24, 2.45) is 11.1 Å². The van der Waals surface area contributed by atoms with Gasteiger partial charge < -0.3 is 4.90 Å². The highest BCUT2D eigenvalue weighted by atomic mass is 32.2. The lowest BCUT2D eigenvalue weighted by molar-refractivity contribution is 0.179. The standard InChI is InChI=1S/C11H24N2O2S/c1-2-4-11-5-8-13(9-6-11)7-3-10-16(12,14)15/h11H,2-10H2,1H3,(H2,12,14,15). The molecule has 0 aromatic carbocycles. The fourth-order valence-corrected chi connectivity index (χ4v) is 2.93.